The maximum atomic E-state index is 12.7. The minimum absolute atomic E-state index is 0.0609. The molecule has 0 aliphatic carbocycles. The Morgan fingerprint density at radius 2 is 1.83 bits per heavy atom. The molecule has 0 unspecified atom stereocenters. The first-order valence-corrected chi connectivity index (χ1v) is 12.5. The standard InChI is InChI=1S/C20H21ClN4O3S2/c1-30(27,28)23-15-7-5-14(6-8-15)13-18(26)24-9-11-25(12-10-24)20-22-19-16(21)3-2-4-17(19)29-20/h2-8,23H,9-13H2,1H3. The first kappa shape index (κ1) is 20.9. The molecule has 1 aliphatic heterocycles. The molecule has 0 bridgehead atoms. The molecule has 0 atom stereocenters. The summed E-state index contributed by atoms with van der Waals surface area (Å²) >= 11 is 7.84. The smallest absolute Gasteiger partial charge is 0.229 e. The van der Waals surface area contributed by atoms with E-state index in [9.17, 15) is 13.2 Å². The molecule has 0 spiro atoms. The van der Waals surface area contributed by atoms with Gasteiger partial charge < -0.3 is 9.80 Å². The van der Waals surface area contributed by atoms with Gasteiger partial charge in [-0.1, -0.05) is 41.1 Å². The predicted octanol–water partition coefficient (Wildman–Crippen LogP) is 3.21. The molecule has 10 heteroatoms. The van der Waals surface area contributed by atoms with Crippen molar-refractivity contribution in [2.75, 3.05) is 42.1 Å². The molecule has 3 aromatic rings. The number of aromatic nitrogens is 1. The van der Waals surface area contributed by atoms with E-state index in [0.29, 0.717) is 23.8 Å². The monoisotopic (exact) mass is 464 g/mol. The summed E-state index contributed by atoms with van der Waals surface area (Å²) in [6, 6.07) is 12.7. The van der Waals surface area contributed by atoms with Crippen LogP contribution in [0.3, 0.4) is 0 Å². The molecular weight excluding hydrogens is 444 g/mol. The Morgan fingerprint density at radius 3 is 2.47 bits per heavy atom. The van der Waals surface area contributed by atoms with Crippen molar-refractivity contribution in [3.63, 3.8) is 0 Å². The van der Waals surface area contributed by atoms with Crippen LogP contribution in [0.5, 0.6) is 0 Å². The van der Waals surface area contributed by atoms with Crippen LogP contribution in [0.2, 0.25) is 5.02 Å². The number of fused-ring (bicyclic) bond motifs is 1. The number of para-hydroxylation sites is 1. The highest BCUT2D eigenvalue weighted by atomic mass is 35.5. The van der Waals surface area contributed by atoms with E-state index >= 15 is 0 Å². The molecular formula is C20H21ClN4O3S2. The van der Waals surface area contributed by atoms with Crippen LogP contribution in [-0.2, 0) is 21.2 Å². The summed E-state index contributed by atoms with van der Waals surface area (Å²) in [7, 11) is -3.31. The second-order valence-corrected chi connectivity index (χ2v) is 10.4. The van der Waals surface area contributed by atoms with Crippen molar-refractivity contribution in [3.05, 3.63) is 53.1 Å². The number of carbonyl (C=O) groups excluding carboxylic acids is 1. The molecule has 158 valence electrons. The normalized spacial score (nSPS) is 14.9. The summed E-state index contributed by atoms with van der Waals surface area (Å²) in [6.45, 7) is 2.72. The Morgan fingerprint density at radius 1 is 1.13 bits per heavy atom. The van der Waals surface area contributed by atoms with Gasteiger partial charge in [0.25, 0.3) is 0 Å². The van der Waals surface area contributed by atoms with Crippen LogP contribution in [0.4, 0.5) is 10.8 Å². The molecule has 30 heavy (non-hydrogen) atoms. The number of thiazole rings is 1. The SMILES string of the molecule is CS(=O)(=O)Nc1ccc(CC(=O)N2CCN(c3nc4c(Cl)cccc4s3)CC2)cc1. The zero-order valence-corrected chi connectivity index (χ0v) is 18.7. The zero-order valence-electron chi connectivity index (χ0n) is 16.3. The number of sulfonamides is 1. The summed E-state index contributed by atoms with van der Waals surface area (Å²) < 4.78 is 26.0. The quantitative estimate of drug-likeness (QED) is 0.627. The molecule has 1 amide bonds. The highest BCUT2D eigenvalue weighted by Gasteiger charge is 2.23. The zero-order chi connectivity index (χ0) is 21.3. The molecule has 4 rings (SSSR count). The van der Waals surface area contributed by atoms with Gasteiger partial charge in [-0.3, -0.25) is 9.52 Å². The maximum Gasteiger partial charge on any atom is 0.229 e. The van der Waals surface area contributed by atoms with Crippen molar-refractivity contribution in [1.82, 2.24) is 9.88 Å². The number of nitrogens with zero attached hydrogens (tertiary/aromatic N) is 3. The number of anilines is 2. The Hall–Kier alpha value is -2.36. The number of hydrogen-bond donors (Lipinski definition) is 1. The first-order chi connectivity index (χ1) is 14.3. The number of nitrogens with one attached hydrogen (secondary N) is 1. The van der Waals surface area contributed by atoms with Gasteiger partial charge in [-0.15, -0.1) is 0 Å². The van der Waals surface area contributed by atoms with Crippen molar-refractivity contribution in [2.45, 2.75) is 6.42 Å². The summed E-state index contributed by atoms with van der Waals surface area (Å²) in [5, 5.41) is 1.58. The number of benzene rings is 2. The van der Waals surface area contributed by atoms with E-state index < -0.39 is 10.0 Å². The molecule has 7 nitrogen and oxygen atoms in total. The third kappa shape index (κ3) is 4.85. The lowest BCUT2D eigenvalue weighted by Gasteiger charge is -2.34. The van der Waals surface area contributed by atoms with E-state index in [1.165, 1.54) is 0 Å². The lowest BCUT2D eigenvalue weighted by molar-refractivity contribution is -0.130. The van der Waals surface area contributed by atoms with Crippen LogP contribution in [0.15, 0.2) is 42.5 Å². The Balaban J connectivity index is 1.34. The summed E-state index contributed by atoms with van der Waals surface area (Å²) in [6.07, 6.45) is 1.39. The molecule has 1 aromatic heterocycles. The number of hydrogen-bond acceptors (Lipinski definition) is 6. The molecule has 1 N–H and O–H groups in total. The van der Waals surface area contributed by atoms with E-state index in [1.54, 1.807) is 35.6 Å². The van der Waals surface area contributed by atoms with Crippen LogP contribution in [0.1, 0.15) is 5.56 Å². The van der Waals surface area contributed by atoms with E-state index in [4.69, 9.17) is 11.6 Å². The lowest BCUT2D eigenvalue weighted by Crippen LogP contribution is -2.49. The second kappa shape index (κ2) is 8.41. The van der Waals surface area contributed by atoms with Crippen molar-refractivity contribution < 1.29 is 13.2 Å². The van der Waals surface area contributed by atoms with Crippen LogP contribution >= 0.6 is 22.9 Å². The minimum Gasteiger partial charge on any atom is -0.345 e. The largest absolute Gasteiger partial charge is 0.345 e. The second-order valence-electron chi connectivity index (χ2n) is 7.20. The molecule has 2 heterocycles. The van der Waals surface area contributed by atoms with Crippen molar-refractivity contribution in [3.8, 4) is 0 Å². The molecule has 1 saturated heterocycles. The van der Waals surface area contributed by atoms with Crippen LogP contribution < -0.4 is 9.62 Å². The van der Waals surface area contributed by atoms with Crippen LogP contribution in [0, 0.1) is 0 Å². The van der Waals surface area contributed by atoms with Crippen molar-refractivity contribution in [1.29, 1.82) is 0 Å². The summed E-state index contributed by atoms with van der Waals surface area (Å²) in [4.78, 5) is 21.4. The number of carbonyl (C=O) groups is 1. The van der Waals surface area contributed by atoms with Gasteiger partial charge in [0.1, 0.15) is 5.52 Å². The van der Waals surface area contributed by atoms with Gasteiger partial charge in [-0.25, -0.2) is 13.4 Å². The molecule has 0 saturated carbocycles. The Labute approximate surface area is 184 Å². The van der Waals surface area contributed by atoms with Gasteiger partial charge in [0.2, 0.25) is 15.9 Å². The average Bonchev–Trinajstić information content (AvgIpc) is 3.14. The first-order valence-electron chi connectivity index (χ1n) is 9.43. The van der Waals surface area contributed by atoms with E-state index in [0.717, 1.165) is 40.3 Å². The van der Waals surface area contributed by atoms with Gasteiger partial charge in [-0.2, -0.15) is 0 Å². The highest BCUT2D eigenvalue weighted by molar-refractivity contribution is 7.92. The fourth-order valence-corrected chi connectivity index (χ4v) is 5.26. The number of amides is 1. The van der Waals surface area contributed by atoms with E-state index in [-0.39, 0.29) is 12.3 Å². The number of piperazine rings is 1. The molecule has 2 aromatic carbocycles. The minimum atomic E-state index is -3.31. The van der Waals surface area contributed by atoms with Gasteiger partial charge in [0, 0.05) is 31.9 Å². The van der Waals surface area contributed by atoms with Gasteiger partial charge in [0.15, 0.2) is 5.13 Å². The fourth-order valence-electron chi connectivity index (χ4n) is 3.38. The fraction of sp³-hybridized carbons (Fsp3) is 0.300. The number of halogens is 1. The predicted molar refractivity (Wildman–Crippen MR) is 122 cm³/mol. The van der Waals surface area contributed by atoms with E-state index in [1.807, 2.05) is 23.1 Å². The number of rotatable bonds is 5. The Kier molecular flexibility index (Phi) is 5.86. The van der Waals surface area contributed by atoms with Crippen molar-refractivity contribution in [2.24, 2.45) is 0 Å². The molecule has 0 radical (unpaired) electrons. The average molecular weight is 465 g/mol. The third-order valence-corrected chi connectivity index (χ3v) is 6.87. The van der Waals surface area contributed by atoms with Gasteiger partial charge >= 0.3 is 0 Å². The lowest BCUT2D eigenvalue weighted by atomic mass is 10.1. The van der Waals surface area contributed by atoms with Crippen LogP contribution in [-0.4, -0.2) is 56.6 Å². The highest BCUT2D eigenvalue weighted by Crippen LogP contribution is 2.33. The summed E-state index contributed by atoms with van der Waals surface area (Å²) in [5.41, 5.74) is 2.16. The summed E-state index contributed by atoms with van der Waals surface area (Å²) in [5.74, 6) is 0.0609. The molecule has 1 aliphatic rings. The van der Waals surface area contributed by atoms with Crippen LogP contribution in [0.25, 0.3) is 10.2 Å². The van der Waals surface area contributed by atoms with Gasteiger partial charge in [0.05, 0.1) is 22.4 Å². The molecule has 1 fully saturated rings. The Bertz CT molecular complexity index is 1170. The van der Waals surface area contributed by atoms with E-state index in [2.05, 4.69) is 14.6 Å². The van der Waals surface area contributed by atoms with Crippen molar-refractivity contribution >= 4 is 59.9 Å². The third-order valence-electron chi connectivity index (χ3n) is 4.87. The maximum absolute atomic E-state index is 12.7. The van der Waals surface area contributed by atoms with Gasteiger partial charge in [-0.05, 0) is 29.8 Å². The topological polar surface area (TPSA) is 82.6 Å².